The molecule has 0 aliphatic carbocycles. The number of benzene rings is 1. The second-order valence-corrected chi connectivity index (χ2v) is 19.2. The highest BCUT2D eigenvalue weighted by molar-refractivity contribution is 8.76. The molecule has 0 bridgehead atoms. The summed E-state index contributed by atoms with van der Waals surface area (Å²) in [5.74, 6) is -3.72. The number of anilines is 2. The average Bonchev–Trinajstić information content (AvgIpc) is 3.19. The Labute approximate surface area is 371 Å². The number of ether oxygens (including phenoxy) is 1. The van der Waals surface area contributed by atoms with Crippen molar-refractivity contribution >= 4 is 78.4 Å². The van der Waals surface area contributed by atoms with E-state index in [9.17, 15) is 47.7 Å². The number of aromatic nitrogens is 4. The van der Waals surface area contributed by atoms with E-state index in [4.69, 9.17) is 15.0 Å². The van der Waals surface area contributed by atoms with Gasteiger partial charge in [0.15, 0.2) is 11.2 Å². The van der Waals surface area contributed by atoms with Crippen molar-refractivity contribution in [3.05, 3.63) is 52.1 Å². The molecule has 5 atom stereocenters. The number of nitrogens with zero attached hydrogens (tertiary/aromatic N) is 3. The number of H-pyrrole nitrogens is 1. The number of carbonyl (C=O) groups is 4. The monoisotopic (exact) mass is 943 g/mol. The fourth-order valence-electron chi connectivity index (χ4n) is 5.81. The number of nitrogen functional groups attached to an aromatic ring is 1. The molecular weight excluding hydrogens is 887 g/mol. The molecular formula is C37H57N11O12S3. The number of aliphatic hydroxyl groups excluding tert-OH is 2. The Balaban J connectivity index is 1.48. The Kier molecular flexibility index (Phi) is 21.2. The van der Waals surface area contributed by atoms with Crippen LogP contribution < -0.4 is 43.2 Å². The number of alkyl carbamates (subject to hydrolysis) is 1. The van der Waals surface area contributed by atoms with E-state index in [2.05, 4.69) is 51.8 Å². The third-order valence-corrected chi connectivity index (χ3v) is 12.0. The van der Waals surface area contributed by atoms with Gasteiger partial charge in [0.25, 0.3) is 15.7 Å². The van der Waals surface area contributed by atoms with Gasteiger partial charge in [-0.3, -0.25) is 34.6 Å². The topological polar surface area (TPSA) is 362 Å². The smallest absolute Gasteiger partial charge is 0.407 e. The highest BCUT2D eigenvalue weighted by atomic mass is 33.1. The molecule has 0 fully saturated rings. The summed E-state index contributed by atoms with van der Waals surface area (Å²) in [5.41, 5.74) is 6.48. The number of rotatable bonds is 28. The number of aliphatic hydroxyl groups is 2. The third-order valence-electron chi connectivity index (χ3n) is 8.93. The molecule has 3 amide bonds. The first kappa shape index (κ1) is 52.5. The third kappa shape index (κ3) is 20.0. The van der Waals surface area contributed by atoms with Gasteiger partial charge in [0.05, 0.1) is 36.7 Å². The quantitative estimate of drug-likeness (QED) is 0.0205. The van der Waals surface area contributed by atoms with Crippen LogP contribution in [-0.2, 0) is 35.8 Å². The minimum Gasteiger partial charge on any atom is -0.480 e. The molecule has 3 rings (SSSR count). The number of fused-ring (bicyclic) bond motifs is 1. The normalized spacial score (nSPS) is 14.2. The molecule has 13 N–H and O–H groups in total. The van der Waals surface area contributed by atoms with Gasteiger partial charge in [-0.05, 0) is 57.7 Å². The summed E-state index contributed by atoms with van der Waals surface area (Å²) in [7, 11) is -2.08. The van der Waals surface area contributed by atoms with Crippen LogP contribution in [0.25, 0.3) is 11.2 Å². The van der Waals surface area contributed by atoms with Crippen molar-refractivity contribution < 1.29 is 52.2 Å². The van der Waals surface area contributed by atoms with Gasteiger partial charge in [0.2, 0.25) is 17.8 Å². The van der Waals surface area contributed by atoms with Crippen molar-refractivity contribution in [1.82, 2.24) is 46.5 Å². The summed E-state index contributed by atoms with van der Waals surface area (Å²) in [5, 5.41) is 47.6. The second kappa shape index (κ2) is 25.5. The Morgan fingerprint density at radius 2 is 1.75 bits per heavy atom. The van der Waals surface area contributed by atoms with E-state index >= 15 is 0 Å². The molecule has 0 aliphatic heterocycles. The van der Waals surface area contributed by atoms with E-state index in [0.29, 0.717) is 22.7 Å². The fourth-order valence-corrected chi connectivity index (χ4v) is 8.16. The second-order valence-electron chi connectivity index (χ2n) is 15.0. The number of hydrogen-bond acceptors (Lipinski definition) is 19. The van der Waals surface area contributed by atoms with Gasteiger partial charge >= 0.3 is 12.1 Å². The Bertz CT molecular complexity index is 2150. The van der Waals surface area contributed by atoms with Crippen LogP contribution in [0.5, 0.6) is 0 Å². The molecule has 0 aliphatic rings. The van der Waals surface area contributed by atoms with Crippen molar-refractivity contribution in [2.75, 3.05) is 41.5 Å². The van der Waals surface area contributed by atoms with Crippen molar-refractivity contribution in [2.45, 2.75) is 102 Å². The number of amides is 3. The molecule has 2 aromatic heterocycles. The number of carboxylic acid groups (broad SMARTS) is 1. The first-order chi connectivity index (χ1) is 29.6. The number of hydrogen-bond donors (Lipinski definition) is 12. The minimum absolute atomic E-state index is 0.0145. The molecule has 0 saturated carbocycles. The van der Waals surface area contributed by atoms with E-state index in [-0.39, 0.29) is 54.9 Å². The molecule has 0 radical (unpaired) electrons. The van der Waals surface area contributed by atoms with Gasteiger partial charge in [-0.25, -0.2) is 19.6 Å². The Hall–Kier alpha value is -4.83. The first-order valence-electron chi connectivity index (χ1n) is 19.8. The molecule has 63 heavy (non-hydrogen) atoms. The molecule has 26 heteroatoms. The van der Waals surface area contributed by atoms with Crippen molar-refractivity contribution in [3.8, 4) is 0 Å². The zero-order chi connectivity index (χ0) is 46.7. The van der Waals surface area contributed by atoms with Crippen LogP contribution in [0.15, 0.2) is 35.3 Å². The number of nitrogens with two attached hydrogens (primary N) is 1. The van der Waals surface area contributed by atoms with Gasteiger partial charge in [0, 0.05) is 35.3 Å². The standard InChI is InChI=1S/C37H57N11O12S3/c1-5-12-37(3,4)48-36(56)60-14-15-61-62-20-26(34(54)55)45-28(50)17-25(32(52)39-13-16-63(57,58)59)44-27(49)11-6-21(2)42-31(51)22-7-9-23(10-8-22)40-18-24-19-41-30-29(43-24)33(53)47-35(38)46-30/h7-10,19,21,25-27,31,40,42,44,49,51H,5-6,11-18,20H2,1-4H3,(H,39,52)(H,45,50)(H,48,56)(H,54,55)(H,57,58,59)(H3,38,41,46,47,53)/t21-,25+,26+,27?,31?/m1/s1. The SMILES string of the molecule is CCCC(C)(C)NC(=O)OCCSSC[C@H](NC(=O)C[C@H](NC(O)CC[C@@H](C)NC(O)c1ccc(NCc2cnc3nc(N)[nH]c(=O)c3n2)cc1)C(=O)NCCS(=O)(=O)O)C(=O)O. The summed E-state index contributed by atoms with van der Waals surface area (Å²) in [6, 6.07) is 3.62. The number of nitrogens with one attached hydrogen (secondary N) is 7. The average molecular weight is 944 g/mol. The van der Waals surface area contributed by atoms with Crippen molar-refractivity contribution in [1.29, 1.82) is 0 Å². The molecule has 23 nitrogen and oxygen atoms in total. The molecule has 0 spiro atoms. The zero-order valence-electron chi connectivity index (χ0n) is 35.3. The summed E-state index contributed by atoms with van der Waals surface area (Å²) in [6.07, 6.45) is -0.318. The zero-order valence-corrected chi connectivity index (χ0v) is 37.7. The molecule has 350 valence electrons. The van der Waals surface area contributed by atoms with Gasteiger partial charge in [-0.15, -0.1) is 0 Å². The number of aromatic amines is 1. The summed E-state index contributed by atoms with van der Waals surface area (Å²) in [4.78, 5) is 76.9. The van der Waals surface area contributed by atoms with E-state index in [1.807, 2.05) is 20.8 Å². The fraction of sp³-hybridized carbons (Fsp3) is 0.568. The number of carbonyl (C=O) groups excluding carboxylic acids is 3. The van der Waals surface area contributed by atoms with Gasteiger partial charge in [-0.2, -0.15) is 13.4 Å². The van der Waals surface area contributed by atoms with Gasteiger partial charge in [0.1, 0.15) is 25.1 Å². The maximum atomic E-state index is 13.0. The molecule has 2 heterocycles. The van der Waals surface area contributed by atoms with Gasteiger partial charge in [-0.1, -0.05) is 47.1 Å². The first-order valence-corrected chi connectivity index (χ1v) is 23.9. The Morgan fingerprint density at radius 1 is 1.03 bits per heavy atom. The van der Waals surface area contributed by atoms with Crippen molar-refractivity contribution in [2.24, 2.45) is 0 Å². The largest absolute Gasteiger partial charge is 0.480 e. The predicted octanol–water partition coefficient (Wildman–Crippen LogP) is 0.583. The van der Waals surface area contributed by atoms with Crippen LogP contribution in [0.4, 0.5) is 16.4 Å². The predicted molar refractivity (Wildman–Crippen MR) is 238 cm³/mol. The lowest BCUT2D eigenvalue weighted by Gasteiger charge is -2.25. The number of aliphatic carboxylic acids is 1. The van der Waals surface area contributed by atoms with E-state index in [1.54, 1.807) is 31.2 Å². The van der Waals surface area contributed by atoms with E-state index < -0.39 is 88.4 Å². The maximum absolute atomic E-state index is 13.0. The van der Waals surface area contributed by atoms with Crippen LogP contribution in [0.2, 0.25) is 0 Å². The van der Waals surface area contributed by atoms with Crippen LogP contribution in [0.1, 0.15) is 77.3 Å². The molecule has 2 unspecified atom stereocenters. The van der Waals surface area contributed by atoms with E-state index in [1.165, 1.54) is 17.0 Å². The minimum atomic E-state index is -4.43. The lowest BCUT2D eigenvalue weighted by Crippen LogP contribution is -2.52. The summed E-state index contributed by atoms with van der Waals surface area (Å²) < 4.78 is 36.6. The maximum Gasteiger partial charge on any atom is 0.407 e. The summed E-state index contributed by atoms with van der Waals surface area (Å²) >= 11 is 0. The van der Waals surface area contributed by atoms with Crippen LogP contribution in [0, 0.1) is 0 Å². The van der Waals surface area contributed by atoms with Crippen LogP contribution >= 0.6 is 21.6 Å². The van der Waals surface area contributed by atoms with Crippen molar-refractivity contribution in [3.63, 3.8) is 0 Å². The van der Waals surface area contributed by atoms with Crippen LogP contribution in [-0.4, -0.2) is 132 Å². The number of carboxylic acids is 1. The molecule has 0 saturated heterocycles. The Morgan fingerprint density at radius 3 is 2.41 bits per heavy atom. The highest BCUT2D eigenvalue weighted by Crippen LogP contribution is 2.22. The van der Waals surface area contributed by atoms with Gasteiger partial charge < -0.3 is 47.1 Å². The van der Waals surface area contributed by atoms with E-state index in [0.717, 1.165) is 23.6 Å². The molecule has 1 aromatic carbocycles. The lowest BCUT2D eigenvalue weighted by molar-refractivity contribution is -0.141. The highest BCUT2D eigenvalue weighted by Gasteiger charge is 2.28. The lowest BCUT2D eigenvalue weighted by atomic mass is 9.99. The van der Waals surface area contributed by atoms with Crippen LogP contribution in [0.3, 0.4) is 0 Å². The molecule has 3 aromatic rings. The summed E-state index contributed by atoms with van der Waals surface area (Å²) in [6.45, 7) is 7.30.